The van der Waals surface area contributed by atoms with Crippen LogP contribution in [-0.2, 0) is 11.5 Å². The lowest BCUT2D eigenvalue weighted by molar-refractivity contribution is 0.640. The van der Waals surface area contributed by atoms with Crippen LogP contribution in [0.2, 0.25) is 5.15 Å². The fraction of sp³-hybridized carbons (Fsp3) is 0.125. The van der Waals surface area contributed by atoms with E-state index in [1.54, 1.807) is 23.9 Å². The molecule has 0 bridgehead atoms. The summed E-state index contributed by atoms with van der Waals surface area (Å²) >= 11 is 8.05. The Morgan fingerprint density at radius 1 is 1.00 bits per heavy atom. The van der Waals surface area contributed by atoms with E-state index in [0.717, 1.165) is 33.7 Å². The molecule has 0 N–H and O–H groups in total. The van der Waals surface area contributed by atoms with Crippen LogP contribution >= 0.6 is 23.4 Å². The van der Waals surface area contributed by atoms with Gasteiger partial charge in [0.15, 0.2) is 5.82 Å². The SMILES string of the molecule is Fc1ccc(-c2nc(Cl)c3c(n2)CSC3)c2ccccc12. The number of halogens is 2. The second-order valence-electron chi connectivity index (χ2n) is 4.90. The van der Waals surface area contributed by atoms with Crippen molar-refractivity contribution in [1.29, 1.82) is 0 Å². The Hall–Kier alpha value is -1.65. The average Bonchev–Trinajstić information content (AvgIpc) is 2.97. The first-order chi connectivity index (χ1) is 10.2. The van der Waals surface area contributed by atoms with Gasteiger partial charge < -0.3 is 0 Å². The minimum absolute atomic E-state index is 0.239. The molecule has 1 aromatic heterocycles. The molecule has 2 aromatic carbocycles. The Morgan fingerprint density at radius 2 is 1.81 bits per heavy atom. The third-order valence-corrected chi connectivity index (χ3v) is 4.92. The van der Waals surface area contributed by atoms with E-state index in [4.69, 9.17) is 11.6 Å². The van der Waals surface area contributed by atoms with Gasteiger partial charge in [0.05, 0.1) is 5.69 Å². The second-order valence-corrected chi connectivity index (χ2v) is 6.24. The van der Waals surface area contributed by atoms with Crippen molar-refractivity contribution in [3.8, 4) is 11.4 Å². The number of nitrogens with zero attached hydrogens (tertiary/aromatic N) is 2. The molecule has 4 rings (SSSR count). The molecule has 0 radical (unpaired) electrons. The molecule has 0 saturated carbocycles. The van der Waals surface area contributed by atoms with Crippen LogP contribution in [-0.4, -0.2) is 9.97 Å². The van der Waals surface area contributed by atoms with Gasteiger partial charge in [0, 0.05) is 28.0 Å². The Morgan fingerprint density at radius 3 is 2.67 bits per heavy atom. The lowest BCUT2D eigenvalue weighted by atomic mass is 10.0. The minimum atomic E-state index is -0.239. The van der Waals surface area contributed by atoms with Crippen LogP contribution in [0.3, 0.4) is 0 Å². The Balaban J connectivity index is 1.99. The topological polar surface area (TPSA) is 25.8 Å². The maximum atomic E-state index is 13.9. The van der Waals surface area contributed by atoms with Gasteiger partial charge in [-0.3, -0.25) is 0 Å². The standard InChI is InChI=1S/C16H10ClFN2S/c17-15-12-7-21-8-14(12)19-16(20-15)11-5-6-13(18)10-4-2-1-3-9(10)11/h1-6H,7-8H2. The van der Waals surface area contributed by atoms with Crippen molar-refractivity contribution in [2.45, 2.75) is 11.5 Å². The molecule has 0 unspecified atom stereocenters. The summed E-state index contributed by atoms with van der Waals surface area (Å²) in [5.74, 6) is 2.04. The highest BCUT2D eigenvalue weighted by Gasteiger charge is 2.20. The van der Waals surface area contributed by atoms with Crippen LogP contribution in [0.1, 0.15) is 11.3 Å². The van der Waals surface area contributed by atoms with Gasteiger partial charge in [-0.25, -0.2) is 14.4 Å². The smallest absolute Gasteiger partial charge is 0.161 e. The normalized spacial score (nSPS) is 13.6. The monoisotopic (exact) mass is 316 g/mol. The lowest BCUT2D eigenvalue weighted by Crippen LogP contribution is -1.98. The fourth-order valence-corrected chi connectivity index (χ4v) is 3.97. The third kappa shape index (κ3) is 2.10. The summed E-state index contributed by atoms with van der Waals surface area (Å²) in [5.41, 5.74) is 2.83. The van der Waals surface area contributed by atoms with Gasteiger partial charge in [-0.1, -0.05) is 35.9 Å². The maximum Gasteiger partial charge on any atom is 0.161 e. The molecule has 1 aliphatic heterocycles. The van der Waals surface area contributed by atoms with Crippen LogP contribution < -0.4 is 0 Å². The van der Waals surface area contributed by atoms with Gasteiger partial charge in [-0.2, -0.15) is 11.8 Å². The molecule has 0 atom stereocenters. The summed E-state index contributed by atoms with van der Waals surface area (Å²) in [4.78, 5) is 9.04. The third-order valence-electron chi connectivity index (χ3n) is 3.64. The average molecular weight is 317 g/mol. The fourth-order valence-electron chi connectivity index (χ4n) is 2.59. The molecule has 0 aliphatic carbocycles. The van der Waals surface area contributed by atoms with E-state index in [1.807, 2.05) is 18.2 Å². The quantitative estimate of drug-likeness (QED) is 0.601. The van der Waals surface area contributed by atoms with Crippen molar-refractivity contribution >= 4 is 34.1 Å². The zero-order valence-corrected chi connectivity index (χ0v) is 12.5. The van der Waals surface area contributed by atoms with Crippen LogP contribution in [0.5, 0.6) is 0 Å². The summed E-state index contributed by atoms with van der Waals surface area (Å²) in [6.45, 7) is 0. The van der Waals surface area contributed by atoms with E-state index >= 15 is 0 Å². The molecule has 5 heteroatoms. The van der Waals surface area contributed by atoms with Gasteiger partial charge in [0.25, 0.3) is 0 Å². The molecule has 0 amide bonds. The van der Waals surface area contributed by atoms with Gasteiger partial charge in [-0.15, -0.1) is 0 Å². The van der Waals surface area contributed by atoms with Gasteiger partial charge in [0.1, 0.15) is 11.0 Å². The highest BCUT2D eigenvalue weighted by atomic mass is 35.5. The van der Waals surface area contributed by atoms with Crippen LogP contribution in [0.15, 0.2) is 36.4 Å². The minimum Gasteiger partial charge on any atom is -0.232 e. The van der Waals surface area contributed by atoms with E-state index in [2.05, 4.69) is 9.97 Å². The summed E-state index contributed by atoms with van der Waals surface area (Å²) in [7, 11) is 0. The first-order valence-electron chi connectivity index (χ1n) is 6.54. The number of aromatic nitrogens is 2. The van der Waals surface area contributed by atoms with Crippen LogP contribution in [0.4, 0.5) is 4.39 Å². The van der Waals surface area contributed by atoms with Crippen molar-refractivity contribution < 1.29 is 4.39 Å². The molecule has 2 heterocycles. The van der Waals surface area contributed by atoms with Gasteiger partial charge in [-0.05, 0) is 17.5 Å². The van der Waals surface area contributed by atoms with E-state index in [1.165, 1.54) is 6.07 Å². The Labute approximate surface area is 130 Å². The second kappa shape index (κ2) is 4.97. The molecule has 0 spiro atoms. The lowest BCUT2D eigenvalue weighted by Gasteiger charge is -2.09. The van der Waals surface area contributed by atoms with E-state index in [0.29, 0.717) is 16.4 Å². The Kier molecular flexibility index (Phi) is 3.08. The first-order valence-corrected chi connectivity index (χ1v) is 8.08. The predicted molar refractivity (Wildman–Crippen MR) is 84.9 cm³/mol. The number of hydrogen-bond acceptors (Lipinski definition) is 3. The van der Waals surface area contributed by atoms with E-state index < -0.39 is 0 Å². The number of benzene rings is 2. The summed E-state index contributed by atoms with van der Waals surface area (Å²) in [5, 5.41) is 1.89. The van der Waals surface area contributed by atoms with Gasteiger partial charge >= 0.3 is 0 Å². The summed E-state index contributed by atoms with van der Waals surface area (Å²) in [6, 6.07) is 10.5. The molecule has 21 heavy (non-hydrogen) atoms. The number of hydrogen-bond donors (Lipinski definition) is 0. The molecule has 0 saturated heterocycles. The molecular formula is C16H10ClFN2S. The highest BCUT2D eigenvalue weighted by Crippen LogP contribution is 2.35. The predicted octanol–water partition coefficient (Wildman–Crippen LogP) is 4.84. The molecule has 0 fully saturated rings. The molecule has 2 nitrogen and oxygen atoms in total. The molecule has 1 aliphatic rings. The maximum absolute atomic E-state index is 13.9. The molecular weight excluding hydrogens is 307 g/mol. The van der Waals surface area contributed by atoms with E-state index in [-0.39, 0.29) is 5.82 Å². The van der Waals surface area contributed by atoms with Crippen LogP contribution in [0.25, 0.3) is 22.2 Å². The van der Waals surface area contributed by atoms with Crippen molar-refractivity contribution in [3.05, 3.63) is 58.6 Å². The van der Waals surface area contributed by atoms with Crippen molar-refractivity contribution in [2.24, 2.45) is 0 Å². The molecule has 104 valence electrons. The zero-order valence-electron chi connectivity index (χ0n) is 10.9. The van der Waals surface area contributed by atoms with Crippen molar-refractivity contribution in [1.82, 2.24) is 9.97 Å². The highest BCUT2D eigenvalue weighted by molar-refractivity contribution is 7.98. The number of rotatable bonds is 1. The largest absolute Gasteiger partial charge is 0.232 e. The van der Waals surface area contributed by atoms with E-state index in [9.17, 15) is 4.39 Å². The van der Waals surface area contributed by atoms with Crippen molar-refractivity contribution in [3.63, 3.8) is 0 Å². The number of thioether (sulfide) groups is 1. The first kappa shape index (κ1) is 13.0. The number of fused-ring (bicyclic) bond motifs is 2. The van der Waals surface area contributed by atoms with Crippen LogP contribution in [0, 0.1) is 5.82 Å². The Bertz CT molecular complexity index is 866. The molecule has 3 aromatic rings. The van der Waals surface area contributed by atoms with Crippen molar-refractivity contribution in [2.75, 3.05) is 0 Å². The summed E-state index contributed by atoms with van der Waals surface area (Å²) in [6.07, 6.45) is 0. The summed E-state index contributed by atoms with van der Waals surface area (Å²) < 4.78 is 13.9. The zero-order chi connectivity index (χ0) is 14.4. The van der Waals surface area contributed by atoms with Gasteiger partial charge in [0.2, 0.25) is 0 Å².